The lowest BCUT2D eigenvalue weighted by Crippen LogP contribution is -2.15. The zero-order valence-corrected chi connectivity index (χ0v) is 11.8. The van der Waals surface area contributed by atoms with E-state index < -0.39 is 0 Å². The quantitative estimate of drug-likeness (QED) is 0.646. The molecule has 1 aromatic carbocycles. The van der Waals surface area contributed by atoms with Crippen LogP contribution in [0.15, 0.2) is 56.6 Å². The Morgan fingerprint density at radius 3 is 2.88 bits per heavy atom. The van der Waals surface area contributed by atoms with E-state index in [1.165, 1.54) is 14.9 Å². The lowest BCUT2D eigenvalue weighted by atomic mass is 10.3. The SMILES string of the molecule is Brc1ccccc1SCCNCc1ccoc1. The number of nitrogens with one attached hydrogen (secondary N) is 1. The minimum Gasteiger partial charge on any atom is -0.472 e. The highest BCUT2D eigenvalue weighted by atomic mass is 79.9. The van der Waals surface area contributed by atoms with Crippen molar-refractivity contribution >= 4 is 27.7 Å². The first-order chi connectivity index (χ1) is 8.36. The van der Waals surface area contributed by atoms with Crippen LogP contribution in [0.3, 0.4) is 0 Å². The lowest BCUT2D eigenvalue weighted by Gasteiger charge is -2.05. The van der Waals surface area contributed by atoms with Gasteiger partial charge in [0.1, 0.15) is 0 Å². The van der Waals surface area contributed by atoms with Crippen molar-refractivity contribution in [3.05, 3.63) is 52.9 Å². The molecule has 0 spiro atoms. The summed E-state index contributed by atoms with van der Waals surface area (Å²) in [5.41, 5.74) is 1.19. The molecule has 0 bridgehead atoms. The molecular weight excluding hydrogens is 298 g/mol. The number of benzene rings is 1. The molecule has 17 heavy (non-hydrogen) atoms. The van der Waals surface area contributed by atoms with Crippen LogP contribution in [0.2, 0.25) is 0 Å². The Labute approximate surface area is 114 Å². The molecule has 90 valence electrons. The van der Waals surface area contributed by atoms with Gasteiger partial charge < -0.3 is 9.73 Å². The van der Waals surface area contributed by atoms with Crippen molar-refractivity contribution in [1.29, 1.82) is 0 Å². The Morgan fingerprint density at radius 1 is 1.24 bits per heavy atom. The number of halogens is 1. The summed E-state index contributed by atoms with van der Waals surface area (Å²) >= 11 is 5.39. The van der Waals surface area contributed by atoms with Crippen LogP contribution in [0.5, 0.6) is 0 Å². The van der Waals surface area contributed by atoms with Crippen LogP contribution < -0.4 is 5.32 Å². The molecule has 0 aliphatic heterocycles. The zero-order chi connectivity index (χ0) is 11.9. The number of thioether (sulfide) groups is 1. The Kier molecular flexibility index (Phi) is 5.16. The van der Waals surface area contributed by atoms with Gasteiger partial charge >= 0.3 is 0 Å². The molecule has 0 aliphatic rings. The van der Waals surface area contributed by atoms with Crippen molar-refractivity contribution in [3.8, 4) is 0 Å². The number of hydrogen-bond acceptors (Lipinski definition) is 3. The van der Waals surface area contributed by atoms with Gasteiger partial charge in [-0.15, -0.1) is 11.8 Å². The van der Waals surface area contributed by atoms with E-state index in [2.05, 4.69) is 39.4 Å². The Bertz CT molecular complexity index is 444. The molecule has 0 saturated heterocycles. The summed E-state index contributed by atoms with van der Waals surface area (Å²) in [5, 5.41) is 3.38. The van der Waals surface area contributed by atoms with Crippen LogP contribution in [0.4, 0.5) is 0 Å². The normalized spacial score (nSPS) is 10.6. The highest BCUT2D eigenvalue weighted by molar-refractivity contribution is 9.10. The lowest BCUT2D eigenvalue weighted by molar-refractivity contribution is 0.561. The molecule has 0 atom stereocenters. The second kappa shape index (κ2) is 6.89. The Balaban J connectivity index is 1.65. The molecule has 0 aliphatic carbocycles. The maximum atomic E-state index is 5.01. The topological polar surface area (TPSA) is 25.2 Å². The van der Waals surface area contributed by atoms with E-state index in [0.29, 0.717) is 0 Å². The van der Waals surface area contributed by atoms with Crippen LogP contribution in [-0.2, 0) is 6.54 Å². The van der Waals surface area contributed by atoms with E-state index in [4.69, 9.17) is 4.42 Å². The van der Waals surface area contributed by atoms with Crippen LogP contribution >= 0.6 is 27.7 Å². The molecular formula is C13H14BrNOS. The number of rotatable bonds is 6. The van der Waals surface area contributed by atoms with Crippen molar-refractivity contribution < 1.29 is 4.42 Å². The van der Waals surface area contributed by atoms with Crippen LogP contribution in [-0.4, -0.2) is 12.3 Å². The third kappa shape index (κ3) is 4.22. The van der Waals surface area contributed by atoms with E-state index in [0.717, 1.165) is 18.8 Å². The summed E-state index contributed by atoms with van der Waals surface area (Å²) < 4.78 is 6.17. The van der Waals surface area contributed by atoms with Crippen molar-refractivity contribution in [1.82, 2.24) is 5.32 Å². The predicted octanol–water partition coefficient (Wildman–Crippen LogP) is 3.92. The molecule has 0 saturated carbocycles. The molecule has 0 unspecified atom stereocenters. The van der Waals surface area contributed by atoms with Crippen molar-refractivity contribution in [3.63, 3.8) is 0 Å². The number of furan rings is 1. The molecule has 1 heterocycles. The zero-order valence-electron chi connectivity index (χ0n) is 9.36. The predicted molar refractivity (Wildman–Crippen MR) is 75.3 cm³/mol. The largest absolute Gasteiger partial charge is 0.472 e. The van der Waals surface area contributed by atoms with Gasteiger partial charge in [-0.05, 0) is 34.1 Å². The molecule has 2 nitrogen and oxygen atoms in total. The molecule has 0 radical (unpaired) electrons. The average molecular weight is 312 g/mol. The van der Waals surface area contributed by atoms with Crippen LogP contribution in [0.1, 0.15) is 5.56 Å². The van der Waals surface area contributed by atoms with Gasteiger partial charge in [0.2, 0.25) is 0 Å². The minimum atomic E-state index is 0.868. The van der Waals surface area contributed by atoms with Crippen LogP contribution in [0.25, 0.3) is 0 Å². The van der Waals surface area contributed by atoms with Gasteiger partial charge in [-0.2, -0.15) is 0 Å². The third-order valence-corrected chi connectivity index (χ3v) is 4.31. The molecule has 1 aromatic heterocycles. The van der Waals surface area contributed by atoms with Gasteiger partial charge in [0, 0.05) is 33.8 Å². The molecule has 0 amide bonds. The molecule has 1 N–H and O–H groups in total. The highest BCUT2D eigenvalue weighted by Crippen LogP contribution is 2.26. The van der Waals surface area contributed by atoms with Crippen molar-refractivity contribution in [2.75, 3.05) is 12.3 Å². The molecule has 4 heteroatoms. The van der Waals surface area contributed by atoms with E-state index >= 15 is 0 Å². The first-order valence-electron chi connectivity index (χ1n) is 5.45. The van der Waals surface area contributed by atoms with E-state index in [1.54, 1.807) is 12.5 Å². The first kappa shape index (κ1) is 12.7. The molecule has 2 aromatic rings. The summed E-state index contributed by atoms with van der Waals surface area (Å²) in [7, 11) is 0. The monoisotopic (exact) mass is 311 g/mol. The average Bonchev–Trinajstić information content (AvgIpc) is 2.84. The fraction of sp³-hybridized carbons (Fsp3) is 0.231. The van der Waals surface area contributed by atoms with E-state index in [1.807, 2.05) is 23.9 Å². The summed E-state index contributed by atoms with van der Waals surface area (Å²) in [6.07, 6.45) is 3.47. The fourth-order valence-corrected chi connectivity index (χ4v) is 2.90. The van der Waals surface area contributed by atoms with Gasteiger partial charge in [0.15, 0.2) is 0 Å². The van der Waals surface area contributed by atoms with Crippen LogP contribution in [0, 0.1) is 0 Å². The fourth-order valence-electron chi connectivity index (χ4n) is 1.42. The minimum absolute atomic E-state index is 0.868. The smallest absolute Gasteiger partial charge is 0.0947 e. The van der Waals surface area contributed by atoms with E-state index in [9.17, 15) is 0 Å². The van der Waals surface area contributed by atoms with Gasteiger partial charge in [0.05, 0.1) is 12.5 Å². The highest BCUT2D eigenvalue weighted by Gasteiger charge is 1.98. The summed E-state index contributed by atoms with van der Waals surface area (Å²) in [4.78, 5) is 1.29. The summed E-state index contributed by atoms with van der Waals surface area (Å²) in [6.45, 7) is 1.85. The summed E-state index contributed by atoms with van der Waals surface area (Å²) in [5.74, 6) is 1.06. The van der Waals surface area contributed by atoms with Gasteiger partial charge in [0.25, 0.3) is 0 Å². The second-order valence-electron chi connectivity index (χ2n) is 3.59. The van der Waals surface area contributed by atoms with Gasteiger partial charge in [-0.25, -0.2) is 0 Å². The van der Waals surface area contributed by atoms with Gasteiger partial charge in [-0.3, -0.25) is 0 Å². The maximum absolute atomic E-state index is 5.01. The maximum Gasteiger partial charge on any atom is 0.0947 e. The molecule has 0 fully saturated rings. The van der Waals surface area contributed by atoms with E-state index in [-0.39, 0.29) is 0 Å². The Morgan fingerprint density at radius 2 is 2.12 bits per heavy atom. The van der Waals surface area contributed by atoms with Crippen molar-refractivity contribution in [2.24, 2.45) is 0 Å². The van der Waals surface area contributed by atoms with Crippen molar-refractivity contribution in [2.45, 2.75) is 11.4 Å². The standard InChI is InChI=1S/C13H14BrNOS/c14-12-3-1-2-4-13(12)17-8-6-15-9-11-5-7-16-10-11/h1-5,7,10,15H,6,8-9H2. The molecule has 2 rings (SSSR count). The number of hydrogen-bond donors (Lipinski definition) is 1. The second-order valence-corrected chi connectivity index (χ2v) is 5.58. The Hall–Kier alpha value is -0.710. The first-order valence-corrected chi connectivity index (χ1v) is 7.23. The summed E-state index contributed by atoms with van der Waals surface area (Å²) in [6, 6.07) is 10.3. The van der Waals surface area contributed by atoms with Gasteiger partial charge in [-0.1, -0.05) is 12.1 Å². The third-order valence-electron chi connectivity index (χ3n) is 2.28.